The van der Waals surface area contributed by atoms with E-state index in [0.29, 0.717) is 28.7 Å². The molecule has 0 aliphatic carbocycles. The standard InChI is InChI=1S/C18H16N4O3S/c1-10(23)6-16-20-18(26-22-16)21-17(24)15-8-14(11(2)25-15)13-5-3-4-12(7-13)9-19/h3-5,7-8,10,23H,6H2,1-2H3,(H,20,21,22,24). The molecule has 0 spiro atoms. The number of carbonyl (C=O) groups excluding carboxylic acids is 1. The highest BCUT2D eigenvalue weighted by atomic mass is 32.1. The van der Waals surface area contributed by atoms with Gasteiger partial charge in [0.2, 0.25) is 5.13 Å². The summed E-state index contributed by atoms with van der Waals surface area (Å²) < 4.78 is 9.66. The average molecular weight is 368 g/mol. The van der Waals surface area contributed by atoms with Gasteiger partial charge in [0, 0.05) is 23.5 Å². The molecule has 2 aromatic heterocycles. The molecule has 3 aromatic rings. The van der Waals surface area contributed by atoms with Gasteiger partial charge >= 0.3 is 0 Å². The van der Waals surface area contributed by atoms with Gasteiger partial charge in [0.1, 0.15) is 11.6 Å². The number of nitrogens with one attached hydrogen (secondary N) is 1. The fraction of sp³-hybridized carbons (Fsp3) is 0.222. The zero-order valence-electron chi connectivity index (χ0n) is 14.2. The predicted molar refractivity (Wildman–Crippen MR) is 96.8 cm³/mol. The maximum Gasteiger partial charge on any atom is 0.293 e. The first-order valence-corrected chi connectivity index (χ1v) is 8.66. The van der Waals surface area contributed by atoms with Gasteiger partial charge in [0.15, 0.2) is 5.76 Å². The quantitative estimate of drug-likeness (QED) is 0.715. The van der Waals surface area contributed by atoms with Crippen LogP contribution in [0.15, 0.2) is 34.7 Å². The molecule has 0 aliphatic heterocycles. The average Bonchev–Trinajstić information content (AvgIpc) is 3.21. The molecule has 3 rings (SSSR count). The normalized spacial score (nSPS) is 11.8. The number of amides is 1. The van der Waals surface area contributed by atoms with Crippen molar-refractivity contribution in [2.45, 2.75) is 26.4 Å². The largest absolute Gasteiger partial charge is 0.456 e. The van der Waals surface area contributed by atoms with Crippen LogP contribution in [0, 0.1) is 18.3 Å². The topological polar surface area (TPSA) is 112 Å². The van der Waals surface area contributed by atoms with Crippen LogP contribution in [-0.4, -0.2) is 26.5 Å². The number of rotatable bonds is 5. The van der Waals surface area contributed by atoms with Gasteiger partial charge in [-0.3, -0.25) is 10.1 Å². The van der Waals surface area contributed by atoms with Gasteiger partial charge in [-0.05, 0) is 37.6 Å². The zero-order valence-corrected chi connectivity index (χ0v) is 15.0. The first-order valence-electron chi connectivity index (χ1n) is 7.89. The van der Waals surface area contributed by atoms with Crippen molar-refractivity contribution in [3.8, 4) is 17.2 Å². The van der Waals surface area contributed by atoms with E-state index in [9.17, 15) is 9.90 Å². The van der Waals surface area contributed by atoms with E-state index in [4.69, 9.17) is 9.68 Å². The van der Waals surface area contributed by atoms with E-state index < -0.39 is 12.0 Å². The minimum atomic E-state index is -0.549. The summed E-state index contributed by atoms with van der Waals surface area (Å²) in [4.78, 5) is 16.6. The lowest BCUT2D eigenvalue weighted by molar-refractivity contribution is 0.0995. The third kappa shape index (κ3) is 3.96. The highest BCUT2D eigenvalue weighted by Crippen LogP contribution is 2.28. The molecule has 0 radical (unpaired) electrons. The minimum absolute atomic E-state index is 0.145. The lowest BCUT2D eigenvalue weighted by Gasteiger charge is -1.98. The van der Waals surface area contributed by atoms with Crippen LogP contribution < -0.4 is 5.32 Å². The van der Waals surface area contributed by atoms with Crippen molar-refractivity contribution in [1.82, 2.24) is 9.36 Å². The van der Waals surface area contributed by atoms with Crippen molar-refractivity contribution in [1.29, 1.82) is 5.26 Å². The Balaban J connectivity index is 1.78. The van der Waals surface area contributed by atoms with Crippen LogP contribution in [0.2, 0.25) is 0 Å². The lowest BCUT2D eigenvalue weighted by Crippen LogP contribution is -2.11. The van der Waals surface area contributed by atoms with Gasteiger partial charge in [-0.2, -0.15) is 9.64 Å². The molecular weight excluding hydrogens is 352 g/mol. The SMILES string of the molecule is Cc1oc(C(=O)Nc2nc(CC(C)O)ns2)cc1-c1cccc(C#N)c1. The highest BCUT2D eigenvalue weighted by molar-refractivity contribution is 7.09. The molecule has 1 aromatic carbocycles. The molecule has 2 heterocycles. The number of nitriles is 1. The molecule has 0 saturated carbocycles. The molecule has 1 atom stereocenters. The van der Waals surface area contributed by atoms with Gasteiger partial charge < -0.3 is 9.52 Å². The number of aliphatic hydroxyl groups is 1. The van der Waals surface area contributed by atoms with Crippen LogP contribution in [0.4, 0.5) is 5.13 Å². The summed E-state index contributed by atoms with van der Waals surface area (Å²) in [5.41, 5.74) is 2.09. The molecule has 1 unspecified atom stereocenters. The van der Waals surface area contributed by atoms with Gasteiger partial charge in [-0.1, -0.05) is 12.1 Å². The molecule has 8 heteroatoms. The van der Waals surface area contributed by atoms with E-state index in [1.807, 2.05) is 6.07 Å². The second-order valence-corrected chi connectivity index (χ2v) is 6.55. The highest BCUT2D eigenvalue weighted by Gasteiger charge is 2.18. The van der Waals surface area contributed by atoms with E-state index in [2.05, 4.69) is 20.7 Å². The van der Waals surface area contributed by atoms with Gasteiger partial charge in [-0.15, -0.1) is 0 Å². The number of benzene rings is 1. The van der Waals surface area contributed by atoms with Crippen molar-refractivity contribution in [3.05, 3.63) is 53.2 Å². The van der Waals surface area contributed by atoms with Crippen LogP contribution >= 0.6 is 11.5 Å². The summed E-state index contributed by atoms with van der Waals surface area (Å²) in [5, 5.41) is 21.4. The summed E-state index contributed by atoms with van der Waals surface area (Å²) >= 11 is 1.04. The summed E-state index contributed by atoms with van der Waals surface area (Å²) in [7, 11) is 0. The number of carbonyl (C=O) groups is 1. The van der Waals surface area contributed by atoms with E-state index in [0.717, 1.165) is 22.7 Å². The Hall–Kier alpha value is -3.02. The van der Waals surface area contributed by atoms with Crippen molar-refractivity contribution in [2.24, 2.45) is 0 Å². The number of anilines is 1. The molecule has 2 N–H and O–H groups in total. The maximum atomic E-state index is 12.4. The maximum absolute atomic E-state index is 12.4. The molecule has 0 bridgehead atoms. The number of aromatic nitrogens is 2. The van der Waals surface area contributed by atoms with Crippen molar-refractivity contribution in [3.63, 3.8) is 0 Å². The van der Waals surface area contributed by atoms with E-state index >= 15 is 0 Å². The molecule has 7 nitrogen and oxygen atoms in total. The van der Waals surface area contributed by atoms with Crippen LogP contribution in [0.5, 0.6) is 0 Å². The van der Waals surface area contributed by atoms with Crippen LogP contribution in [0.3, 0.4) is 0 Å². The van der Waals surface area contributed by atoms with E-state index in [-0.39, 0.29) is 5.76 Å². The fourth-order valence-corrected chi connectivity index (χ4v) is 3.04. The number of hydrogen-bond donors (Lipinski definition) is 2. The predicted octanol–water partition coefficient (Wildman–Crippen LogP) is 3.15. The van der Waals surface area contributed by atoms with Crippen LogP contribution in [-0.2, 0) is 6.42 Å². The molecule has 0 aliphatic rings. The Bertz CT molecular complexity index is 984. The van der Waals surface area contributed by atoms with Gasteiger partial charge in [0.05, 0.1) is 17.7 Å². The molecule has 0 fully saturated rings. The van der Waals surface area contributed by atoms with E-state index in [1.54, 1.807) is 38.1 Å². The summed E-state index contributed by atoms with van der Waals surface area (Å²) in [6.45, 7) is 3.41. The van der Waals surface area contributed by atoms with Crippen LogP contribution in [0.25, 0.3) is 11.1 Å². The Labute approximate surface area is 154 Å². The smallest absolute Gasteiger partial charge is 0.293 e. The van der Waals surface area contributed by atoms with Crippen molar-refractivity contribution >= 4 is 22.6 Å². The third-order valence-corrected chi connectivity index (χ3v) is 4.28. The van der Waals surface area contributed by atoms with E-state index in [1.165, 1.54) is 0 Å². The fourth-order valence-electron chi connectivity index (χ4n) is 2.45. The minimum Gasteiger partial charge on any atom is -0.456 e. The molecule has 0 saturated heterocycles. The number of aliphatic hydroxyl groups excluding tert-OH is 1. The first-order chi connectivity index (χ1) is 12.5. The Morgan fingerprint density at radius 2 is 2.27 bits per heavy atom. The van der Waals surface area contributed by atoms with Crippen molar-refractivity contribution < 1.29 is 14.3 Å². The van der Waals surface area contributed by atoms with Crippen molar-refractivity contribution in [2.75, 3.05) is 5.32 Å². The summed E-state index contributed by atoms with van der Waals surface area (Å²) in [6.07, 6.45) is -0.224. The number of nitrogens with zero attached hydrogens (tertiary/aromatic N) is 3. The Morgan fingerprint density at radius 1 is 1.46 bits per heavy atom. The Morgan fingerprint density at radius 3 is 3.00 bits per heavy atom. The zero-order chi connectivity index (χ0) is 18.7. The molecule has 26 heavy (non-hydrogen) atoms. The number of aryl methyl sites for hydroxylation is 1. The second-order valence-electron chi connectivity index (χ2n) is 5.80. The Kier molecular flexibility index (Phi) is 5.11. The molecule has 1 amide bonds. The lowest BCUT2D eigenvalue weighted by atomic mass is 10.0. The second kappa shape index (κ2) is 7.47. The monoisotopic (exact) mass is 368 g/mol. The molecular formula is C18H16N4O3S. The first kappa shape index (κ1) is 17.8. The third-order valence-electron chi connectivity index (χ3n) is 3.61. The van der Waals surface area contributed by atoms with Gasteiger partial charge in [0.25, 0.3) is 5.91 Å². The van der Waals surface area contributed by atoms with Gasteiger partial charge in [-0.25, -0.2) is 4.98 Å². The summed E-state index contributed by atoms with van der Waals surface area (Å²) in [6, 6.07) is 10.8. The number of hydrogen-bond acceptors (Lipinski definition) is 7. The number of furan rings is 1. The summed E-state index contributed by atoms with van der Waals surface area (Å²) in [5.74, 6) is 0.768. The van der Waals surface area contributed by atoms with Crippen LogP contribution in [0.1, 0.15) is 34.6 Å². The molecule has 132 valence electrons.